The highest BCUT2D eigenvalue weighted by Gasteiger charge is 2.43. The molecule has 5 heteroatoms. The topological polar surface area (TPSA) is 75.3 Å². The first-order valence-electron chi connectivity index (χ1n) is 9.16. The minimum atomic E-state index is -0.803. The molecule has 0 fully saturated rings. The summed E-state index contributed by atoms with van der Waals surface area (Å²) in [6.07, 6.45) is 3.45. The van der Waals surface area contributed by atoms with E-state index in [1.54, 1.807) is 24.6 Å². The summed E-state index contributed by atoms with van der Waals surface area (Å²) < 4.78 is 16.6. The van der Waals surface area contributed by atoms with Gasteiger partial charge in [-0.05, 0) is 71.5 Å². The molecule has 4 rings (SSSR count). The van der Waals surface area contributed by atoms with Crippen LogP contribution in [-0.2, 0) is 16.9 Å². The van der Waals surface area contributed by atoms with E-state index >= 15 is 0 Å². The molecule has 0 atom stereocenters. The van der Waals surface area contributed by atoms with E-state index in [4.69, 9.17) is 24.7 Å². The number of hydrogen-bond acceptors (Lipinski definition) is 5. The summed E-state index contributed by atoms with van der Waals surface area (Å²) in [4.78, 5) is 0. The minimum Gasteiger partial charge on any atom is -0.388 e. The van der Waals surface area contributed by atoms with Gasteiger partial charge in [0.2, 0.25) is 0 Å². The molecule has 1 heterocycles. The normalized spacial score (nSPS) is 13.8. The van der Waals surface area contributed by atoms with E-state index in [0.717, 1.165) is 33.4 Å². The smallest absolute Gasteiger partial charge is 0.292 e. The lowest BCUT2D eigenvalue weighted by atomic mass is 9.79. The third-order valence-electron chi connectivity index (χ3n) is 5.31. The summed E-state index contributed by atoms with van der Waals surface area (Å²) in [6.45, 7) is 4.29. The largest absolute Gasteiger partial charge is 0.388 e. The lowest BCUT2D eigenvalue weighted by molar-refractivity contribution is 0.0266. The molecule has 3 aromatic carbocycles. The molecule has 0 spiro atoms. The number of benzene rings is 3. The molecule has 142 valence electrons. The summed E-state index contributed by atoms with van der Waals surface area (Å²) in [5, 5.41) is 17.7. The van der Waals surface area contributed by atoms with E-state index in [1.165, 1.54) is 0 Å². The molecule has 3 aromatic rings. The van der Waals surface area contributed by atoms with Crippen molar-refractivity contribution in [3.05, 3.63) is 94.0 Å². The predicted octanol–water partition coefficient (Wildman–Crippen LogP) is 4.85. The molecule has 29 heavy (non-hydrogen) atoms. The predicted molar refractivity (Wildman–Crippen MR) is 106 cm³/mol. The fourth-order valence-corrected chi connectivity index (χ4v) is 3.96. The fraction of sp³-hybridized carbons (Fsp3) is 0.167. The van der Waals surface area contributed by atoms with Gasteiger partial charge >= 0.3 is 0 Å². The molecule has 1 aliphatic rings. The third kappa shape index (κ3) is 2.99. The van der Waals surface area contributed by atoms with Crippen molar-refractivity contribution in [1.82, 2.24) is 0 Å². The van der Waals surface area contributed by atoms with Gasteiger partial charge in [0.15, 0.2) is 0 Å². The Kier molecular flexibility index (Phi) is 4.68. The van der Waals surface area contributed by atoms with E-state index < -0.39 is 5.60 Å². The molecule has 0 bridgehead atoms. The van der Waals surface area contributed by atoms with E-state index in [9.17, 15) is 0 Å². The summed E-state index contributed by atoms with van der Waals surface area (Å²) in [5.41, 5.74) is 4.97. The van der Waals surface area contributed by atoms with Crippen molar-refractivity contribution in [2.24, 2.45) is 0 Å². The molecular weight excluding hydrogens is 364 g/mol. The highest BCUT2D eigenvalue weighted by atomic mass is 16.5. The second-order valence-corrected chi connectivity index (χ2v) is 6.97. The maximum Gasteiger partial charge on any atom is 0.292 e. The lowest BCUT2D eigenvalue weighted by Crippen LogP contribution is -2.29. The standard InChI is InChI=1S/C24H18N2O3/c1-16-11-19(7-9-22(16)27-14-25)24(21-6-4-3-5-18(21)13-29-24)20-8-10-23(28-15-26)17(2)12-20/h3-12H,13H2,1-2H3. The second kappa shape index (κ2) is 7.31. The molecule has 5 nitrogen and oxygen atoms in total. The average molecular weight is 382 g/mol. The summed E-state index contributed by atoms with van der Waals surface area (Å²) in [6, 6.07) is 19.6. The van der Waals surface area contributed by atoms with Gasteiger partial charge in [-0.1, -0.05) is 36.4 Å². The van der Waals surface area contributed by atoms with Crippen LogP contribution in [0.5, 0.6) is 11.5 Å². The summed E-state index contributed by atoms with van der Waals surface area (Å²) in [7, 11) is 0. The maximum absolute atomic E-state index is 8.85. The molecule has 0 radical (unpaired) electrons. The molecule has 0 N–H and O–H groups in total. The van der Waals surface area contributed by atoms with Crippen LogP contribution in [0.2, 0.25) is 0 Å². The van der Waals surface area contributed by atoms with Crippen LogP contribution >= 0.6 is 0 Å². The minimum absolute atomic E-state index is 0.487. The van der Waals surface area contributed by atoms with Gasteiger partial charge < -0.3 is 14.2 Å². The molecular formula is C24H18N2O3. The first-order valence-corrected chi connectivity index (χ1v) is 9.16. The Hall–Kier alpha value is -3.80. The molecule has 0 saturated heterocycles. The van der Waals surface area contributed by atoms with Gasteiger partial charge in [-0.15, -0.1) is 10.5 Å². The van der Waals surface area contributed by atoms with Crippen molar-refractivity contribution >= 4 is 0 Å². The van der Waals surface area contributed by atoms with E-state index in [0.29, 0.717) is 18.1 Å². The number of hydrogen-bond donors (Lipinski definition) is 0. The van der Waals surface area contributed by atoms with Gasteiger partial charge in [0.25, 0.3) is 12.5 Å². The number of ether oxygens (including phenoxy) is 3. The lowest BCUT2D eigenvalue weighted by Gasteiger charge is -2.32. The molecule has 0 unspecified atom stereocenters. The van der Waals surface area contributed by atoms with Gasteiger partial charge in [-0.2, -0.15) is 0 Å². The van der Waals surface area contributed by atoms with Gasteiger partial charge in [-0.3, -0.25) is 0 Å². The van der Waals surface area contributed by atoms with Crippen LogP contribution in [0.4, 0.5) is 0 Å². The number of aryl methyl sites for hydroxylation is 2. The second-order valence-electron chi connectivity index (χ2n) is 6.97. The Bertz CT molecular complexity index is 1110. The Balaban J connectivity index is 1.94. The Morgan fingerprint density at radius 1 is 0.828 bits per heavy atom. The molecule has 1 aliphatic heterocycles. The van der Waals surface area contributed by atoms with Crippen LogP contribution in [-0.4, -0.2) is 0 Å². The van der Waals surface area contributed by atoms with Crippen LogP contribution in [0.3, 0.4) is 0 Å². The van der Waals surface area contributed by atoms with Crippen LogP contribution in [0, 0.1) is 36.9 Å². The van der Waals surface area contributed by atoms with E-state index in [1.807, 2.05) is 50.2 Å². The Labute approximate surface area is 169 Å². The zero-order valence-corrected chi connectivity index (χ0v) is 16.1. The van der Waals surface area contributed by atoms with Crippen LogP contribution in [0.15, 0.2) is 60.7 Å². The highest BCUT2D eigenvalue weighted by Crippen LogP contribution is 2.48. The molecule has 0 saturated carbocycles. The number of nitrogens with zero attached hydrogens (tertiary/aromatic N) is 2. The van der Waals surface area contributed by atoms with E-state index in [-0.39, 0.29) is 0 Å². The highest BCUT2D eigenvalue weighted by molar-refractivity contribution is 5.56. The Morgan fingerprint density at radius 2 is 1.38 bits per heavy atom. The van der Waals surface area contributed by atoms with Crippen molar-refractivity contribution in [2.75, 3.05) is 0 Å². The van der Waals surface area contributed by atoms with Crippen LogP contribution in [0.1, 0.15) is 33.4 Å². The maximum atomic E-state index is 8.85. The summed E-state index contributed by atoms with van der Waals surface area (Å²) >= 11 is 0. The number of nitriles is 2. The molecule has 0 amide bonds. The summed E-state index contributed by atoms with van der Waals surface area (Å²) in [5.74, 6) is 1.04. The fourth-order valence-electron chi connectivity index (χ4n) is 3.96. The molecule has 0 aromatic heterocycles. The zero-order valence-electron chi connectivity index (χ0n) is 16.1. The third-order valence-corrected chi connectivity index (χ3v) is 5.31. The van der Waals surface area contributed by atoms with Crippen molar-refractivity contribution in [2.45, 2.75) is 26.1 Å². The first kappa shape index (κ1) is 18.6. The average Bonchev–Trinajstić information content (AvgIpc) is 3.12. The monoisotopic (exact) mass is 382 g/mol. The van der Waals surface area contributed by atoms with E-state index in [2.05, 4.69) is 12.1 Å². The van der Waals surface area contributed by atoms with Crippen molar-refractivity contribution < 1.29 is 14.2 Å². The van der Waals surface area contributed by atoms with Crippen LogP contribution in [0.25, 0.3) is 0 Å². The first-order chi connectivity index (χ1) is 14.1. The van der Waals surface area contributed by atoms with Crippen molar-refractivity contribution in [3.63, 3.8) is 0 Å². The van der Waals surface area contributed by atoms with Gasteiger partial charge in [0.1, 0.15) is 17.1 Å². The number of fused-ring (bicyclic) bond motifs is 1. The van der Waals surface area contributed by atoms with Crippen LogP contribution < -0.4 is 9.47 Å². The van der Waals surface area contributed by atoms with Crippen molar-refractivity contribution in [3.8, 4) is 24.0 Å². The molecule has 0 aliphatic carbocycles. The van der Waals surface area contributed by atoms with Gasteiger partial charge in [0.05, 0.1) is 6.61 Å². The van der Waals surface area contributed by atoms with Gasteiger partial charge in [0, 0.05) is 0 Å². The van der Waals surface area contributed by atoms with Crippen molar-refractivity contribution in [1.29, 1.82) is 10.5 Å². The Morgan fingerprint density at radius 3 is 1.90 bits per heavy atom. The number of rotatable bonds is 4. The zero-order chi connectivity index (χ0) is 20.4. The SMILES string of the molecule is Cc1cc(C2(c3ccc(OC#N)c(C)c3)OCc3ccccc32)ccc1OC#N. The van der Waals surface area contributed by atoms with Gasteiger partial charge in [-0.25, -0.2) is 0 Å². The quantitative estimate of drug-likeness (QED) is 0.603.